The topological polar surface area (TPSA) is 0 Å². The minimum atomic E-state index is 1.12. The molecule has 0 unspecified atom stereocenters. The molecule has 0 bridgehead atoms. The average Bonchev–Trinajstić information content (AvgIpc) is 2.38. The van der Waals surface area contributed by atoms with Crippen molar-refractivity contribution in [3.8, 4) is 0 Å². The van der Waals surface area contributed by atoms with Gasteiger partial charge in [-0.2, -0.15) is 0 Å². The van der Waals surface area contributed by atoms with Gasteiger partial charge in [-0.05, 0) is 36.0 Å². The van der Waals surface area contributed by atoms with E-state index in [4.69, 9.17) is 0 Å². The number of hydrogen-bond acceptors (Lipinski definition) is 0. The van der Waals surface area contributed by atoms with Crippen LogP contribution in [0.5, 0.6) is 0 Å². The Morgan fingerprint density at radius 3 is 2.06 bits per heavy atom. The first-order valence-electron chi connectivity index (χ1n) is 6.00. The third-order valence-electron chi connectivity index (χ3n) is 2.94. The second kappa shape index (κ2) is 5.50. The third kappa shape index (κ3) is 2.96. The van der Waals surface area contributed by atoms with E-state index < -0.39 is 0 Å². The summed E-state index contributed by atoms with van der Waals surface area (Å²) >= 11 is 0. The van der Waals surface area contributed by atoms with Crippen LogP contribution in [0.15, 0.2) is 54.6 Å². The van der Waals surface area contributed by atoms with Crippen LogP contribution in [0.25, 0.3) is 0 Å². The van der Waals surface area contributed by atoms with E-state index in [-0.39, 0.29) is 0 Å². The normalized spacial score (nSPS) is 10.3. The predicted molar refractivity (Wildman–Crippen MR) is 69.7 cm³/mol. The lowest BCUT2D eigenvalue weighted by Crippen LogP contribution is -1.92. The van der Waals surface area contributed by atoms with E-state index in [2.05, 4.69) is 61.5 Å². The Balaban J connectivity index is 1.99. The number of aryl methyl sites for hydroxylation is 3. The van der Waals surface area contributed by atoms with Gasteiger partial charge in [-0.1, -0.05) is 61.5 Å². The maximum atomic E-state index is 2.32. The van der Waals surface area contributed by atoms with Crippen LogP contribution in [0.2, 0.25) is 0 Å². The Bertz CT molecular complexity index is 429. The molecule has 0 saturated heterocycles. The molecule has 0 aliphatic carbocycles. The first kappa shape index (κ1) is 10.9. The van der Waals surface area contributed by atoms with Crippen LogP contribution in [0, 0.1) is 0 Å². The summed E-state index contributed by atoms with van der Waals surface area (Å²) in [7, 11) is 0. The monoisotopic (exact) mass is 210 g/mol. The highest BCUT2D eigenvalue weighted by Crippen LogP contribution is 2.10. The largest absolute Gasteiger partial charge is 0.0622 e. The molecule has 0 aliphatic heterocycles. The van der Waals surface area contributed by atoms with E-state index in [1.165, 1.54) is 16.7 Å². The quantitative estimate of drug-likeness (QED) is 0.714. The summed E-state index contributed by atoms with van der Waals surface area (Å²) in [4.78, 5) is 0. The summed E-state index contributed by atoms with van der Waals surface area (Å²) in [6.45, 7) is 2.20. The molecule has 0 heterocycles. The zero-order valence-electron chi connectivity index (χ0n) is 9.82. The second-order valence-corrected chi connectivity index (χ2v) is 4.16. The van der Waals surface area contributed by atoms with Crippen molar-refractivity contribution in [3.63, 3.8) is 0 Å². The molecule has 0 saturated carbocycles. The number of rotatable bonds is 4. The Morgan fingerprint density at radius 2 is 1.31 bits per heavy atom. The molecular formula is C16H18. The van der Waals surface area contributed by atoms with Crippen LogP contribution < -0.4 is 0 Å². The van der Waals surface area contributed by atoms with Crippen LogP contribution in [0.3, 0.4) is 0 Å². The zero-order chi connectivity index (χ0) is 11.2. The fourth-order valence-electron chi connectivity index (χ4n) is 1.94. The molecule has 0 aliphatic rings. The van der Waals surface area contributed by atoms with Gasteiger partial charge in [-0.25, -0.2) is 0 Å². The second-order valence-electron chi connectivity index (χ2n) is 4.16. The fourth-order valence-corrected chi connectivity index (χ4v) is 1.94. The highest BCUT2D eigenvalue weighted by Gasteiger charge is 1.96. The van der Waals surface area contributed by atoms with Gasteiger partial charge in [0.15, 0.2) is 0 Å². The van der Waals surface area contributed by atoms with Crippen molar-refractivity contribution in [3.05, 3.63) is 71.3 Å². The maximum Gasteiger partial charge on any atom is -0.0238 e. The van der Waals surface area contributed by atoms with Gasteiger partial charge >= 0.3 is 0 Å². The summed E-state index contributed by atoms with van der Waals surface area (Å²) in [5.74, 6) is 0. The van der Waals surface area contributed by atoms with Crippen molar-refractivity contribution in [2.24, 2.45) is 0 Å². The van der Waals surface area contributed by atoms with Gasteiger partial charge in [0.1, 0.15) is 0 Å². The van der Waals surface area contributed by atoms with E-state index in [0.717, 1.165) is 19.3 Å². The van der Waals surface area contributed by atoms with E-state index in [1.807, 2.05) is 0 Å². The molecule has 2 rings (SSSR count). The van der Waals surface area contributed by atoms with Gasteiger partial charge in [-0.3, -0.25) is 0 Å². The van der Waals surface area contributed by atoms with E-state index in [9.17, 15) is 0 Å². The van der Waals surface area contributed by atoms with Gasteiger partial charge in [0.05, 0.1) is 0 Å². The van der Waals surface area contributed by atoms with Gasteiger partial charge in [0.2, 0.25) is 0 Å². The number of benzene rings is 2. The molecule has 2 aromatic carbocycles. The molecule has 0 fully saturated rings. The van der Waals surface area contributed by atoms with E-state index in [1.54, 1.807) is 0 Å². The number of hydrogen-bond donors (Lipinski definition) is 0. The van der Waals surface area contributed by atoms with Gasteiger partial charge in [0, 0.05) is 0 Å². The standard InChI is InChI=1S/C16H18/c1-2-14-9-6-10-16(13-14)12-11-15-7-4-3-5-8-15/h3-10,13H,2,11-12H2,1H3. The molecule has 0 aromatic heterocycles. The molecule has 0 nitrogen and oxygen atoms in total. The summed E-state index contributed by atoms with van der Waals surface area (Å²) in [6, 6.07) is 19.6. The van der Waals surface area contributed by atoms with Crippen molar-refractivity contribution in [2.75, 3.05) is 0 Å². The highest BCUT2D eigenvalue weighted by atomic mass is 14.0. The smallest absolute Gasteiger partial charge is 0.0238 e. The van der Waals surface area contributed by atoms with E-state index in [0.29, 0.717) is 0 Å². The Hall–Kier alpha value is -1.56. The summed E-state index contributed by atoms with van der Waals surface area (Å²) in [5, 5.41) is 0. The van der Waals surface area contributed by atoms with Crippen molar-refractivity contribution >= 4 is 0 Å². The molecule has 0 radical (unpaired) electrons. The fraction of sp³-hybridized carbons (Fsp3) is 0.250. The first-order valence-corrected chi connectivity index (χ1v) is 6.00. The summed E-state index contributed by atoms with van der Waals surface area (Å²) < 4.78 is 0. The lowest BCUT2D eigenvalue weighted by molar-refractivity contribution is 0.953. The Labute approximate surface area is 97.9 Å². The molecule has 16 heavy (non-hydrogen) atoms. The lowest BCUT2D eigenvalue weighted by atomic mass is 10.0. The third-order valence-corrected chi connectivity index (χ3v) is 2.94. The molecular weight excluding hydrogens is 192 g/mol. The van der Waals surface area contributed by atoms with E-state index >= 15 is 0 Å². The molecule has 2 aromatic rings. The zero-order valence-corrected chi connectivity index (χ0v) is 9.82. The van der Waals surface area contributed by atoms with Crippen molar-refractivity contribution in [2.45, 2.75) is 26.2 Å². The van der Waals surface area contributed by atoms with Gasteiger partial charge in [-0.15, -0.1) is 0 Å². The Kier molecular flexibility index (Phi) is 3.76. The summed E-state index contributed by atoms with van der Waals surface area (Å²) in [6.07, 6.45) is 3.39. The lowest BCUT2D eigenvalue weighted by Gasteiger charge is -2.04. The molecule has 0 heteroatoms. The average molecular weight is 210 g/mol. The van der Waals surface area contributed by atoms with Crippen molar-refractivity contribution in [1.82, 2.24) is 0 Å². The Morgan fingerprint density at radius 1 is 0.688 bits per heavy atom. The van der Waals surface area contributed by atoms with Crippen molar-refractivity contribution < 1.29 is 0 Å². The highest BCUT2D eigenvalue weighted by molar-refractivity contribution is 5.25. The molecule has 82 valence electrons. The minimum Gasteiger partial charge on any atom is -0.0622 e. The molecule has 0 amide bonds. The van der Waals surface area contributed by atoms with Crippen molar-refractivity contribution in [1.29, 1.82) is 0 Å². The molecule has 0 N–H and O–H groups in total. The first-order chi connectivity index (χ1) is 7.88. The minimum absolute atomic E-state index is 1.12. The molecule has 0 atom stereocenters. The maximum absolute atomic E-state index is 2.32. The van der Waals surface area contributed by atoms with Crippen LogP contribution in [0.1, 0.15) is 23.6 Å². The van der Waals surface area contributed by atoms with Gasteiger partial charge < -0.3 is 0 Å². The SMILES string of the molecule is CCc1cccc(CCc2ccccc2)c1. The van der Waals surface area contributed by atoms with Crippen LogP contribution in [0.4, 0.5) is 0 Å². The van der Waals surface area contributed by atoms with Crippen LogP contribution in [-0.2, 0) is 19.3 Å². The molecule has 0 spiro atoms. The van der Waals surface area contributed by atoms with Gasteiger partial charge in [0.25, 0.3) is 0 Å². The van der Waals surface area contributed by atoms with Crippen LogP contribution in [-0.4, -0.2) is 0 Å². The summed E-state index contributed by atoms with van der Waals surface area (Å²) in [5.41, 5.74) is 4.30. The van der Waals surface area contributed by atoms with Crippen LogP contribution >= 0.6 is 0 Å². The predicted octanol–water partition coefficient (Wildman–Crippen LogP) is 4.03.